The highest BCUT2D eigenvalue weighted by molar-refractivity contribution is 5.84. The van der Waals surface area contributed by atoms with Gasteiger partial charge in [-0.1, -0.05) is 24.3 Å². The smallest absolute Gasteiger partial charge is 0.449 e. The van der Waals surface area contributed by atoms with Crippen LogP contribution in [0.5, 0.6) is 11.5 Å². The minimum Gasteiger partial charge on any atom is -0.497 e. The van der Waals surface area contributed by atoms with Crippen LogP contribution in [0.1, 0.15) is 21.9 Å². The molecule has 8 heteroatoms. The molecule has 1 N–H and O–H groups in total. The number of hydrogen-bond donors (Lipinski definition) is 1. The quantitative estimate of drug-likeness (QED) is 0.620. The van der Waals surface area contributed by atoms with Crippen molar-refractivity contribution in [3.05, 3.63) is 71.7 Å². The molecular weight excluding hydrogens is 377 g/mol. The molecule has 28 heavy (non-hydrogen) atoms. The third kappa shape index (κ3) is 4.28. The van der Waals surface area contributed by atoms with E-state index in [9.17, 15) is 18.0 Å². The first-order chi connectivity index (χ1) is 13.3. The lowest BCUT2D eigenvalue weighted by Crippen LogP contribution is -2.08. The van der Waals surface area contributed by atoms with Gasteiger partial charge in [-0.2, -0.15) is 13.2 Å². The first-order valence-corrected chi connectivity index (χ1v) is 8.08. The average Bonchev–Trinajstić information content (AvgIpc) is 3.12. The maximum Gasteiger partial charge on any atom is 0.449 e. The van der Waals surface area contributed by atoms with Gasteiger partial charge in [0.15, 0.2) is 0 Å². The maximum atomic E-state index is 13.0. The molecule has 146 valence electrons. The molecule has 0 aliphatic heterocycles. The number of methoxy groups -OCH3 is 1. The number of aromatic carboxylic acids is 1. The topological polar surface area (TPSA) is 68.9 Å². The van der Waals surface area contributed by atoms with Crippen molar-refractivity contribution in [1.29, 1.82) is 0 Å². The Morgan fingerprint density at radius 1 is 1.00 bits per heavy atom. The summed E-state index contributed by atoms with van der Waals surface area (Å²) in [6, 6.07) is 15.0. The van der Waals surface area contributed by atoms with Gasteiger partial charge in [-0.05, 0) is 41.5 Å². The van der Waals surface area contributed by atoms with Crippen molar-refractivity contribution in [2.75, 3.05) is 7.11 Å². The fourth-order valence-corrected chi connectivity index (χ4v) is 2.57. The third-order valence-electron chi connectivity index (χ3n) is 3.95. The van der Waals surface area contributed by atoms with Crippen LogP contribution in [0.25, 0.3) is 11.1 Å². The molecule has 0 bridgehead atoms. The molecule has 3 aromatic rings. The van der Waals surface area contributed by atoms with Gasteiger partial charge >= 0.3 is 12.1 Å². The van der Waals surface area contributed by atoms with Crippen molar-refractivity contribution in [3.63, 3.8) is 0 Å². The molecule has 0 aliphatic rings. The zero-order chi connectivity index (χ0) is 20.3. The van der Waals surface area contributed by atoms with E-state index in [1.807, 2.05) is 24.3 Å². The second-order valence-electron chi connectivity index (χ2n) is 5.81. The summed E-state index contributed by atoms with van der Waals surface area (Å²) in [7, 11) is 1.57. The molecule has 1 aromatic heterocycles. The zero-order valence-electron chi connectivity index (χ0n) is 14.6. The van der Waals surface area contributed by atoms with Crippen molar-refractivity contribution < 1.29 is 37.0 Å². The van der Waals surface area contributed by atoms with Crippen molar-refractivity contribution in [3.8, 4) is 22.6 Å². The average molecular weight is 392 g/mol. The molecule has 0 saturated heterocycles. The van der Waals surface area contributed by atoms with Crippen LogP contribution in [-0.2, 0) is 12.8 Å². The molecule has 1 heterocycles. The van der Waals surface area contributed by atoms with Gasteiger partial charge in [0.1, 0.15) is 18.1 Å². The van der Waals surface area contributed by atoms with E-state index in [0.717, 1.165) is 22.9 Å². The highest BCUT2D eigenvalue weighted by atomic mass is 19.4. The van der Waals surface area contributed by atoms with E-state index in [4.69, 9.17) is 14.6 Å². The monoisotopic (exact) mass is 392 g/mol. The first kappa shape index (κ1) is 19.3. The maximum absolute atomic E-state index is 13.0. The molecule has 0 fully saturated rings. The molecule has 0 aliphatic carbocycles. The van der Waals surface area contributed by atoms with E-state index in [1.165, 1.54) is 0 Å². The predicted octanol–water partition coefficient (Wildman–Crippen LogP) is 5.25. The summed E-state index contributed by atoms with van der Waals surface area (Å²) in [5, 5.41) is 8.84. The Morgan fingerprint density at radius 3 is 2.00 bits per heavy atom. The van der Waals surface area contributed by atoms with Crippen molar-refractivity contribution in [2.24, 2.45) is 0 Å². The van der Waals surface area contributed by atoms with Crippen LogP contribution >= 0.6 is 0 Å². The lowest BCUT2D eigenvalue weighted by molar-refractivity contribution is -0.154. The van der Waals surface area contributed by atoms with Crippen LogP contribution < -0.4 is 9.47 Å². The fraction of sp³-hybridized carbons (Fsp3) is 0.150. The van der Waals surface area contributed by atoms with E-state index in [2.05, 4.69) is 4.42 Å². The van der Waals surface area contributed by atoms with Gasteiger partial charge in [-0.3, -0.25) is 0 Å². The van der Waals surface area contributed by atoms with Crippen LogP contribution in [-0.4, -0.2) is 18.2 Å². The minimum absolute atomic E-state index is 0.337. The number of carboxylic acid groups (broad SMARTS) is 1. The van der Waals surface area contributed by atoms with Crippen LogP contribution in [0.2, 0.25) is 0 Å². The first-order valence-electron chi connectivity index (χ1n) is 8.08. The molecule has 0 unspecified atom stereocenters. The molecule has 0 atom stereocenters. The van der Waals surface area contributed by atoms with Gasteiger partial charge in [0.05, 0.1) is 7.11 Å². The van der Waals surface area contributed by atoms with Gasteiger partial charge in [-0.15, -0.1) is 0 Å². The Bertz CT molecular complexity index is 957. The van der Waals surface area contributed by atoms with Gasteiger partial charge in [-0.25, -0.2) is 4.79 Å². The number of rotatable bonds is 6. The Kier molecular flexibility index (Phi) is 5.30. The minimum atomic E-state index is -4.81. The molecule has 5 nitrogen and oxygen atoms in total. The predicted molar refractivity (Wildman–Crippen MR) is 93.4 cm³/mol. The summed E-state index contributed by atoms with van der Waals surface area (Å²) in [5.74, 6) is -2.69. The second kappa shape index (κ2) is 7.67. The van der Waals surface area contributed by atoms with Crippen molar-refractivity contribution in [2.45, 2.75) is 12.8 Å². The van der Waals surface area contributed by atoms with Crippen LogP contribution in [0.3, 0.4) is 0 Å². The largest absolute Gasteiger partial charge is 0.497 e. The molecule has 0 amide bonds. The van der Waals surface area contributed by atoms with Gasteiger partial charge in [0.2, 0.25) is 11.5 Å². The van der Waals surface area contributed by atoms with Gasteiger partial charge in [0, 0.05) is 5.56 Å². The normalized spacial score (nSPS) is 11.3. The number of halogens is 3. The summed E-state index contributed by atoms with van der Waals surface area (Å²) in [6.45, 7) is -0.479. The Morgan fingerprint density at radius 2 is 1.54 bits per heavy atom. The number of benzene rings is 2. The summed E-state index contributed by atoms with van der Waals surface area (Å²) in [5.41, 5.74) is 1.44. The highest BCUT2D eigenvalue weighted by Gasteiger charge is 2.39. The van der Waals surface area contributed by atoms with Gasteiger partial charge < -0.3 is 19.0 Å². The van der Waals surface area contributed by atoms with Gasteiger partial charge in [0.25, 0.3) is 0 Å². The molecule has 0 radical (unpaired) electrons. The molecular formula is C20H15F3O5. The lowest BCUT2D eigenvalue weighted by atomic mass is 10.1. The van der Waals surface area contributed by atoms with E-state index >= 15 is 0 Å². The van der Waals surface area contributed by atoms with Crippen LogP contribution in [0, 0.1) is 0 Å². The fourth-order valence-electron chi connectivity index (χ4n) is 2.57. The summed E-state index contributed by atoms with van der Waals surface area (Å²) < 4.78 is 53.9. The Hall–Kier alpha value is -3.42. The zero-order valence-corrected chi connectivity index (χ0v) is 14.6. The number of alkyl halides is 3. The molecule has 0 saturated carbocycles. The Balaban J connectivity index is 1.74. The third-order valence-corrected chi connectivity index (χ3v) is 3.95. The summed E-state index contributed by atoms with van der Waals surface area (Å²) in [6.07, 6.45) is -4.81. The van der Waals surface area contributed by atoms with E-state index in [0.29, 0.717) is 5.75 Å². The number of furan rings is 1. The number of carboxylic acids is 1. The number of carbonyl (C=O) groups is 1. The number of ether oxygens (including phenoxy) is 2. The van der Waals surface area contributed by atoms with Crippen molar-refractivity contribution in [1.82, 2.24) is 0 Å². The number of hydrogen-bond acceptors (Lipinski definition) is 4. The van der Waals surface area contributed by atoms with E-state index in [1.54, 1.807) is 31.4 Å². The van der Waals surface area contributed by atoms with Crippen LogP contribution in [0.15, 0.2) is 59.0 Å². The van der Waals surface area contributed by atoms with E-state index in [-0.39, 0.29) is 5.56 Å². The SMILES string of the molecule is COc1ccc(-c2ccc(OCc3cc(C(=O)O)oc3C(F)(F)F)cc2)cc1. The van der Waals surface area contributed by atoms with Crippen LogP contribution in [0.4, 0.5) is 13.2 Å². The lowest BCUT2D eigenvalue weighted by Gasteiger charge is -2.09. The summed E-state index contributed by atoms with van der Waals surface area (Å²) in [4.78, 5) is 10.9. The second-order valence-corrected chi connectivity index (χ2v) is 5.81. The molecule has 3 rings (SSSR count). The standard InChI is InChI=1S/C20H15F3O5/c1-26-15-6-2-12(3-7-15)13-4-8-16(9-5-13)27-11-14-10-17(19(24)25)28-18(14)20(21,22)23/h2-10H,11H2,1H3,(H,24,25). The van der Waals surface area contributed by atoms with Crippen molar-refractivity contribution >= 4 is 5.97 Å². The Labute approximate surface area is 157 Å². The highest BCUT2D eigenvalue weighted by Crippen LogP contribution is 2.35. The molecule has 2 aromatic carbocycles. The molecule has 0 spiro atoms. The van der Waals surface area contributed by atoms with E-state index < -0.39 is 30.3 Å². The summed E-state index contributed by atoms with van der Waals surface area (Å²) >= 11 is 0.